The van der Waals surface area contributed by atoms with Crippen LogP contribution < -0.4 is 9.59 Å². The number of aromatic nitrogens is 1. The van der Waals surface area contributed by atoms with Crippen molar-refractivity contribution in [3.63, 3.8) is 0 Å². The van der Waals surface area contributed by atoms with Crippen LogP contribution in [-0.2, 0) is 6.42 Å². The van der Waals surface area contributed by atoms with E-state index < -0.39 is 0 Å². The molecule has 4 aliphatic rings. The number of aryl methyl sites for hydroxylation is 2. The molecule has 3 heterocycles. The molecule has 3 atom stereocenters. The van der Waals surface area contributed by atoms with E-state index in [4.69, 9.17) is 0 Å². The fraction of sp³-hybridized carbons (Fsp3) is 0.333. The van der Waals surface area contributed by atoms with Gasteiger partial charge in [0.05, 0.1) is 13.4 Å². The second-order valence-corrected chi connectivity index (χ2v) is 15.2. The first-order chi connectivity index (χ1) is 24.7. The molecule has 264 valence electrons. The fourth-order valence-electron chi connectivity index (χ4n) is 8.46. The Morgan fingerprint density at radius 1 is 0.784 bits per heavy atom. The van der Waals surface area contributed by atoms with Crippen LogP contribution in [0.15, 0.2) is 126 Å². The molecule has 1 aromatic heterocycles. The lowest BCUT2D eigenvalue weighted by molar-refractivity contribution is -0.514. The third kappa shape index (κ3) is 8.95. The van der Waals surface area contributed by atoms with Crippen molar-refractivity contribution in [1.82, 2.24) is 0 Å². The first-order valence-electron chi connectivity index (χ1n) is 19.0. The summed E-state index contributed by atoms with van der Waals surface area (Å²) >= 11 is 0. The minimum absolute atomic E-state index is 0.738. The number of hydrogen-bond acceptors (Lipinski definition) is 0. The molecular weight excluding hydrogens is 619 g/mol. The molecule has 0 radical (unpaired) electrons. The predicted octanol–water partition coefficient (Wildman–Crippen LogP) is 9.73. The molecule has 2 aliphatic heterocycles. The summed E-state index contributed by atoms with van der Waals surface area (Å²) in [5, 5.41) is 1.17. The van der Waals surface area contributed by atoms with Gasteiger partial charge in [-0.25, -0.2) is 4.24 Å². The average molecular weight is 676 g/mol. The maximum Gasteiger partial charge on any atom is 0.168 e. The number of benzene rings is 1. The van der Waals surface area contributed by atoms with E-state index in [1.54, 1.807) is 0 Å². The van der Waals surface area contributed by atoms with Crippen LogP contribution in [0.2, 0.25) is 0 Å². The third-order valence-corrected chi connectivity index (χ3v) is 11.5. The Morgan fingerprint density at radius 3 is 2.04 bits per heavy atom. The van der Waals surface area contributed by atoms with Gasteiger partial charge < -0.3 is 0 Å². The van der Waals surface area contributed by atoms with Crippen molar-refractivity contribution in [3.8, 4) is 0 Å². The van der Waals surface area contributed by atoms with E-state index in [0.717, 1.165) is 37.0 Å². The van der Waals surface area contributed by atoms with Gasteiger partial charge in [-0.2, -0.15) is 0 Å². The molecule has 51 heavy (non-hydrogen) atoms. The van der Waals surface area contributed by atoms with E-state index in [-0.39, 0.29) is 0 Å². The summed E-state index contributed by atoms with van der Waals surface area (Å²) in [5.41, 5.74) is 9.20. The molecule has 0 unspecified atom stereocenters. The zero-order chi connectivity index (χ0) is 35.9. The van der Waals surface area contributed by atoms with Gasteiger partial charge in [0.1, 0.15) is 36.6 Å². The minimum Gasteiger partial charge on any atom is -0.271 e. The Labute approximate surface area is 307 Å². The zero-order valence-corrected chi connectivity index (χ0v) is 31.5. The van der Waals surface area contributed by atoms with Crippen molar-refractivity contribution in [1.29, 1.82) is 0 Å². The molecular formula is C48H57N3. The van der Waals surface area contributed by atoms with Gasteiger partial charge in [0.2, 0.25) is 0 Å². The predicted molar refractivity (Wildman–Crippen MR) is 214 cm³/mol. The Morgan fingerprint density at radius 2 is 1.43 bits per heavy atom. The molecule has 0 saturated heterocycles. The molecule has 3 heteroatoms. The van der Waals surface area contributed by atoms with Crippen molar-refractivity contribution in [2.24, 2.45) is 17.8 Å². The second kappa shape index (κ2) is 16.5. The van der Waals surface area contributed by atoms with Crippen LogP contribution in [0.4, 0.5) is 0 Å². The number of allylic oxidation sites excluding steroid dienone is 9. The molecule has 0 N–H and O–H groups in total. The van der Waals surface area contributed by atoms with Crippen LogP contribution in [0.25, 0.3) is 5.57 Å². The van der Waals surface area contributed by atoms with E-state index >= 15 is 0 Å². The summed E-state index contributed by atoms with van der Waals surface area (Å²) in [5.74, 6) is 3.50. The average Bonchev–Trinajstić information content (AvgIpc) is 3.13. The van der Waals surface area contributed by atoms with Gasteiger partial charge in [0, 0.05) is 5.56 Å². The van der Waals surface area contributed by atoms with E-state index in [2.05, 4.69) is 171 Å². The molecule has 2 aliphatic carbocycles. The van der Waals surface area contributed by atoms with Crippen LogP contribution in [0.5, 0.6) is 0 Å². The highest BCUT2D eigenvalue weighted by molar-refractivity contribution is 5.72. The molecule has 0 bridgehead atoms. The van der Waals surface area contributed by atoms with E-state index in [9.17, 15) is 0 Å². The van der Waals surface area contributed by atoms with Crippen LogP contribution in [0.3, 0.4) is 0 Å². The monoisotopic (exact) mass is 675 g/mol. The van der Waals surface area contributed by atoms with Crippen LogP contribution in [0.1, 0.15) is 88.8 Å². The summed E-state index contributed by atoms with van der Waals surface area (Å²) in [4.78, 5) is 0. The molecule has 2 aromatic rings. The van der Waals surface area contributed by atoms with Crippen LogP contribution in [0, 0.1) is 49.4 Å². The summed E-state index contributed by atoms with van der Waals surface area (Å²) in [6, 6.07) is 15.5. The number of pyridine rings is 1. The summed E-state index contributed by atoms with van der Waals surface area (Å²) in [6.45, 7) is 21.7. The topological polar surface area (TPSA) is 11.9 Å². The normalized spacial score (nSPS) is 23.3. The van der Waals surface area contributed by atoms with Gasteiger partial charge in [-0.1, -0.05) is 79.5 Å². The molecule has 0 spiro atoms. The second-order valence-electron chi connectivity index (χ2n) is 15.2. The lowest BCUT2D eigenvalue weighted by atomic mass is 9.70. The highest BCUT2D eigenvalue weighted by atomic mass is 15.0. The van der Waals surface area contributed by atoms with Gasteiger partial charge in [-0.15, -0.1) is 48.4 Å². The largest absolute Gasteiger partial charge is 0.271 e. The Balaban J connectivity index is 1.11. The number of hydrogen-bond donors (Lipinski definition) is 0. The smallest absolute Gasteiger partial charge is 0.168 e. The Hall–Kier alpha value is -4.76. The zero-order valence-electron chi connectivity index (χ0n) is 31.5. The van der Waals surface area contributed by atoms with Crippen molar-refractivity contribution in [3.05, 3.63) is 173 Å². The van der Waals surface area contributed by atoms with E-state index in [0.29, 0.717) is 0 Å². The van der Waals surface area contributed by atoms with Crippen molar-refractivity contribution >= 4 is 19.0 Å². The summed E-state index contributed by atoms with van der Waals surface area (Å²) in [6.07, 6.45) is 37.6. The van der Waals surface area contributed by atoms with Crippen molar-refractivity contribution < 1.29 is 13.4 Å². The molecule has 0 amide bonds. The molecule has 1 saturated carbocycles. The van der Waals surface area contributed by atoms with Crippen LogP contribution in [-0.4, -0.2) is 22.6 Å². The Kier molecular flexibility index (Phi) is 11.7. The minimum atomic E-state index is 0.738. The van der Waals surface area contributed by atoms with Crippen molar-refractivity contribution in [2.45, 2.75) is 85.5 Å². The highest BCUT2D eigenvalue weighted by Crippen LogP contribution is 2.41. The van der Waals surface area contributed by atoms with Crippen LogP contribution >= 0.6 is 0 Å². The quantitative estimate of drug-likeness (QED) is 0.166. The first-order valence-corrected chi connectivity index (χ1v) is 19.0. The highest BCUT2D eigenvalue weighted by Gasteiger charge is 2.29. The van der Waals surface area contributed by atoms with E-state index in [1.807, 2.05) is 0 Å². The van der Waals surface area contributed by atoms with Gasteiger partial charge in [-0.05, 0) is 106 Å². The Bertz CT molecular complexity index is 1960. The molecule has 1 aromatic carbocycles. The lowest BCUT2D eigenvalue weighted by Gasteiger charge is -2.36. The number of rotatable bonds is 11. The first kappa shape index (κ1) is 36.0. The SMILES string of the molecule is C=[N+]1C=C(CC[C@H]2C[C@@H](CCC3=C[N+](=C)[C-](c4ccccc4C)C=C3)C[C@@H](CCc3cc/c(=C4\C=CC=C[C-]4C)[n+](=C)c3)C2)C=C[C-]1/C(C)=C\C. The maximum atomic E-state index is 4.38. The van der Waals surface area contributed by atoms with E-state index in [1.165, 1.54) is 101 Å². The number of nitrogens with zero attached hydrogens (tertiary/aromatic N) is 3. The lowest BCUT2D eigenvalue weighted by Crippen LogP contribution is -2.38. The fourth-order valence-corrected chi connectivity index (χ4v) is 8.46. The van der Waals surface area contributed by atoms with Crippen molar-refractivity contribution in [2.75, 3.05) is 0 Å². The van der Waals surface area contributed by atoms with Gasteiger partial charge in [-0.3, -0.25) is 9.15 Å². The standard InChI is InChI=1S/C48H57N3/c1-8-35(2)46-26-23-38(32-49(46)5)17-20-41-29-42(21-18-39-24-27-47(50(6)33-39)44-15-11-9-13-36(44)3)31-43(30-41)22-19-40-25-28-48(51(7)34-40)45-16-12-10-14-37(45)4/h8-16,23-28,32-34,41-43H,5-7,17-22,29-31H2,1-4H3/b35-8-,47-44-/t41-,42+,43-/m1/s1. The third-order valence-electron chi connectivity index (χ3n) is 11.5. The summed E-state index contributed by atoms with van der Waals surface area (Å²) < 4.78 is 6.19. The molecule has 1 fully saturated rings. The van der Waals surface area contributed by atoms with Gasteiger partial charge in [0.25, 0.3) is 0 Å². The maximum absolute atomic E-state index is 4.38. The summed E-state index contributed by atoms with van der Waals surface area (Å²) in [7, 11) is 0. The van der Waals surface area contributed by atoms with Gasteiger partial charge in [0.15, 0.2) is 6.20 Å². The van der Waals surface area contributed by atoms with Gasteiger partial charge >= 0.3 is 0 Å². The molecule has 6 rings (SSSR count). The molecule has 3 nitrogen and oxygen atoms in total.